The summed E-state index contributed by atoms with van der Waals surface area (Å²) in [4.78, 5) is 0. The Balaban J connectivity index is 2.91. The number of hydrogen-bond donors (Lipinski definition) is 2. The number of hydrogen-bond acceptors (Lipinski definition) is 8. The van der Waals surface area contributed by atoms with Crippen molar-refractivity contribution in [1.82, 2.24) is 0 Å². The molecule has 0 fully saturated rings. The first-order valence-electron chi connectivity index (χ1n) is 7.60. The summed E-state index contributed by atoms with van der Waals surface area (Å²) in [6, 6.07) is 0. The fourth-order valence-electron chi connectivity index (χ4n) is 1.33. The summed E-state index contributed by atoms with van der Waals surface area (Å²) in [5.74, 6) is 8.19. The lowest BCUT2D eigenvalue weighted by Gasteiger charge is -2.06. The van der Waals surface area contributed by atoms with E-state index in [1.807, 2.05) is 23.5 Å². The molecule has 0 heterocycles. The molecule has 22 heavy (non-hydrogen) atoms. The predicted octanol–water partition coefficient (Wildman–Crippen LogP) is 1.94. The van der Waals surface area contributed by atoms with Crippen LogP contribution < -0.4 is 0 Å². The maximum atomic E-state index is 8.63. The Hall–Kier alpha value is 1.24. The molecule has 4 nitrogen and oxygen atoms in total. The van der Waals surface area contributed by atoms with Crippen molar-refractivity contribution in [3.05, 3.63) is 0 Å². The van der Waals surface area contributed by atoms with Crippen molar-refractivity contribution in [3.63, 3.8) is 0 Å². The van der Waals surface area contributed by atoms with Crippen LogP contribution in [0.5, 0.6) is 0 Å². The third-order valence-corrected chi connectivity index (χ3v) is 6.67. The van der Waals surface area contributed by atoms with Crippen LogP contribution in [0.1, 0.15) is 0 Å². The summed E-state index contributed by atoms with van der Waals surface area (Å²) >= 11 is 7.38. The molecule has 0 rings (SSSR count). The summed E-state index contributed by atoms with van der Waals surface area (Å²) in [6.45, 7) is 3.48. The first-order valence-corrected chi connectivity index (χ1v) is 12.2. The fourth-order valence-corrected chi connectivity index (χ4v) is 4.76. The van der Waals surface area contributed by atoms with E-state index in [4.69, 9.17) is 19.7 Å². The lowest BCUT2D eigenvalue weighted by Crippen LogP contribution is -2.08. The molecule has 0 aromatic heterocycles. The highest BCUT2D eigenvalue weighted by Crippen LogP contribution is 2.07. The average Bonchev–Trinajstić information content (AvgIpc) is 2.54. The van der Waals surface area contributed by atoms with E-state index in [1.165, 1.54) is 0 Å². The lowest BCUT2D eigenvalue weighted by atomic mass is 10.7. The molecule has 0 aliphatic heterocycles. The van der Waals surface area contributed by atoms with Gasteiger partial charge in [0.1, 0.15) is 0 Å². The van der Waals surface area contributed by atoms with Crippen LogP contribution in [0.3, 0.4) is 0 Å². The summed E-state index contributed by atoms with van der Waals surface area (Å²) in [6.07, 6.45) is 0. The molecule has 0 radical (unpaired) electrons. The standard InChI is InChI=1S/C14H30O4S4/c15-1-7-19-11-13-21-9-5-17-3-4-18-6-10-22-14-12-20-8-2-16/h15-16H,1-14H2. The third kappa shape index (κ3) is 21.2. The van der Waals surface area contributed by atoms with Gasteiger partial charge in [0.25, 0.3) is 0 Å². The minimum absolute atomic E-state index is 0.277. The molecule has 134 valence electrons. The van der Waals surface area contributed by atoms with E-state index in [1.54, 1.807) is 23.5 Å². The SMILES string of the molecule is OCCSCCSCCOCCOCCSCCSCCO. The molecule has 0 bridgehead atoms. The van der Waals surface area contributed by atoms with E-state index in [0.29, 0.717) is 13.2 Å². The van der Waals surface area contributed by atoms with Gasteiger partial charge in [-0.1, -0.05) is 0 Å². The molecule has 2 N–H and O–H groups in total. The Labute approximate surface area is 152 Å². The van der Waals surface area contributed by atoms with Gasteiger partial charge in [-0.2, -0.15) is 47.0 Å². The molecule has 0 atom stereocenters. The van der Waals surface area contributed by atoms with Gasteiger partial charge in [-0.05, 0) is 0 Å². The second-order valence-corrected chi connectivity index (χ2v) is 9.02. The zero-order valence-electron chi connectivity index (χ0n) is 13.2. The molecule has 0 saturated carbocycles. The summed E-state index contributed by atoms with van der Waals surface area (Å²) in [5, 5.41) is 17.3. The minimum atomic E-state index is 0.277. The van der Waals surface area contributed by atoms with E-state index in [2.05, 4.69) is 0 Å². The summed E-state index contributed by atoms with van der Waals surface area (Å²) in [5.41, 5.74) is 0. The largest absolute Gasteiger partial charge is 0.396 e. The smallest absolute Gasteiger partial charge is 0.0700 e. The van der Waals surface area contributed by atoms with Gasteiger partial charge >= 0.3 is 0 Å². The van der Waals surface area contributed by atoms with Crippen LogP contribution in [0.2, 0.25) is 0 Å². The normalized spacial score (nSPS) is 11.2. The lowest BCUT2D eigenvalue weighted by molar-refractivity contribution is 0.0605. The second kappa shape index (κ2) is 22.2. The summed E-state index contributed by atoms with van der Waals surface area (Å²) in [7, 11) is 0. The molecule has 0 aliphatic rings. The highest BCUT2D eigenvalue weighted by molar-refractivity contribution is 8.03. The minimum Gasteiger partial charge on any atom is -0.396 e. The zero-order valence-corrected chi connectivity index (χ0v) is 16.5. The van der Waals surface area contributed by atoms with Gasteiger partial charge in [0, 0.05) is 46.0 Å². The van der Waals surface area contributed by atoms with Crippen molar-refractivity contribution in [2.45, 2.75) is 0 Å². The molecule has 0 spiro atoms. The van der Waals surface area contributed by atoms with Crippen LogP contribution >= 0.6 is 47.0 Å². The Bertz CT molecular complexity index is 182. The predicted molar refractivity (Wildman–Crippen MR) is 105 cm³/mol. The molecule has 0 aromatic carbocycles. The first-order chi connectivity index (χ1) is 10.9. The third-order valence-electron chi connectivity index (χ3n) is 2.33. The maximum Gasteiger partial charge on any atom is 0.0700 e. The zero-order chi connectivity index (χ0) is 16.1. The maximum absolute atomic E-state index is 8.63. The first kappa shape index (κ1) is 23.2. The Morgan fingerprint density at radius 1 is 0.455 bits per heavy atom. The Kier molecular flexibility index (Phi) is 23.5. The van der Waals surface area contributed by atoms with Crippen molar-refractivity contribution < 1.29 is 19.7 Å². The molecule has 8 heteroatoms. The van der Waals surface area contributed by atoms with Gasteiger partial charge < -0.3 is 19.7 Å². The molecule has 0 unspecified atom stereocenters. The van der Waals surface area contributed by atoms with E-state index in [9.17, 15) is 0 Å². The number of aliphatic hydroxyl groups is 2. The fraction of sp³-hybridized carbons (Fsp3) is 1.00. The van der Waals surface area contributed by atoms with Crippen LogP contribution in [0.15, 0.2) is 0 Å². The van der Waals surface area contributed by atoms with Gasteiger partial charge in [0.2, 0.25) is 0 Å². The highest BCUT2D eigenvalue weighted by atomic mass is 32.2. The molecular weight excluding hydrogens is 360 g/mol. The quantitative estimate of drug-likeness (QED) is 0.325. The van der Waals surface area contributed by atoms with E-state index < -0.39 is 0 Å². The van der Waals surface area contributed by atoms with Crippen molar-refractivity contribution in [2.24, 2.45) is 0 Å². The molecule has 0 aliphatic carbocycles. The highest BCUT2D eigenvalue weighted by Gasteiger charge is 1.94. The molecule has 0 amide bonds. The molecule has 0 saturated heterocycles. The number of ether oxygens (including phenoxy) is 2. The Morgan fingerprint density at radius 2 is 0.818 bits per heavy atom. The van der Waals surface area contributed by atoms with Crippen LogP contribution in [-0.4, -0.2) is 95.9 Å². The van der Waals surface area contributed by atoms with Crippen LogP contribution in [-0.2, 0) is 9.47 Å². The van der Waals surface area contributed by atoms with E-state index in [0.717, 1.165) is 59.2 Å². The van der Waals surface area contributed by atoms with Crippen LogP contribution in [0, 0.1) is 0 Å². The van der Waals surface area contributed by atoms with Crippen molar-refractivity contribution in [1.29, 1.82) is 0 Å². The van der Waals surface area contributed by atoms with Crippen LogP contribution in [0.4, 0.5) is 0 Å². The monoisotopic (exact) mass is 390 g/mol. The van der Waals surface area contributed by atoms with Gasteiger partial charge in [-0.3, -0.25) is 0 Å². The van der Waals surface area contributed by atoms with Gasteiger partial charge in [0.15, 0.2) is 0 Å². The van der Waals surface area contributed by atoms with Crippen molar-refractivity contribution in [2.75, 3.05) is 85.7 Å². The second-order valence-electron chi connectivity index (χ2n) is 4.12. The topological polar surface area (TPSA) is 58.9 Å². The molecular formula is C14H30O4S4. The average molecular weight is 391 g/mol. The van der Waals surface area contributed by atoms with Gasteiger partial charge in [-0.15, -0.1) is 0 Å². The Morgan fingerprint density at radius 3 is 1.18 bits per heavy atom. The van der Waals surface area contributed by atoms with E-state index >= 15 is 0 Å². The summed E-state index contributed by atoms with van der Waals surface area (Å²) < 4.78 is 11.0. The van der Waals surface area contributed by atoms with Crippen LogP contribution in [0.25, 0.3) is 0 Å². The number of rotatable bonds is 19. The van der Waals surface area contributed by atoms with Gasteiger partial charge in [0.05, 0.1) is 39.6 Å². The van der Waals surface area contributed by atoms with Gasteiger partial charge in [-0.25, -0.2) is 0 Å². The number of thioether (sulfide) groups is 4. The van der Waals surface area contributed by atoms with E-state index in [-0.39, 0.29) is 13.2 Å². The van der Waals surface area contributed by atoms with Crippen molar-refractivity contribution >= 4 is 47.0 Å². The van der Waals surface area contributed by atoms with Crippen molar-refractivity contribution in [3.8, 4) is 0 Å². The molecule has 0 aromatic rings. The number of aliphatic hydroxyl groups excluding tert-OH is 2.